The van der Waals surface area contributed by atoms with Crippen LogP contribution in [0, 0.1) is 5.41 Å². The maximum absolute atomic E-state index is 13.6. The van der Waals surface area contributed by atoms with E-state index in [9.17, 15) is 14.4 Å². The first-order chi connectivity index (χ1) is 19.4. The van der Waals surface area contributed by atoms with Crippen LogP contribution >= 0.6 is 11.3 Å². The summed E-state index contributed by atoms with van der Waals surface area (Å²) in [5, 5.41) is 11.7. The molecule has 3 aliphatic carbocycles. The SMILES string of the molecule is CC1(C(=O)Nc2nc(-c3cccc(C(=O)Nc4ccc(N=[N+]=[N-])cc4)c3)cs2)CC2C(=O)CC1c1ccccc12. The molecule has 4 aromatic rings. The van der Waals surface area contributed by atoms with Gasteiger partial charge in [-0.3, -0.25) is 14.4 Å². The fraction of sp³-hybridized carbons (Fsp3) is 0.200. The lowest BCUT2D eigenvalue weighted by molar-refractivity contribution is -0.134. The summed E-state index contributed by atoms with van der Waals surface area (Å²) in [6.07, 6.45) is 0.866. The highest BCUT2D eigenvalue weighted by Crippen LogP contribution is 2.57. The number of aromatic nitrogens is 1. The minimum atomic E-state index is -0.712. The Labute approximate surface area is 233 Å². The Morgan fingerprint density at radius 2 is 1.82 bits per heavy atom. The van der Waals surface area contributed by atoms with Crippen molar-refractivity contribution in [2.75, 3.05) is 10.6 Å². The molecule has 0 radical (unpaired) electrons. The van der Waals surface area contributed by atoms with E-state index < -0.39 is 5.41 Å². The van der Waals surface area contributed by atoms with E-state index >= 15 is 0 Å². The molecule has 0 saturated heterocycles. The summed E-state index contributed by atoms with van der Waals surface area (Å²) in [6.45, 7) is 1.95. The normalized spacial score (nSPS) is 20.8. The van der Waals surface area contributed by atoms with Crippen LogP contribution in [0.4, 0.5) is 16.5 Å². The Morgan fingerprint density at radius 1 is 1.05 bits per heavy atom. The smallest absolute Gasteiger partial charge is 0.255 e. The number of Topliss-reactive ketones (excluding diaryl/α,β-unsaturated/α-hetero) is 1. The van der Waals surface area contributed by atoms with Crippen LogP contribution in [0.1, 0.15) is 53.1 Å². The van der Waals surface area contributed by atoms with Crippen molar-refractivity contribution in [2.45, 2.75) is 31.6 Å². The highest BCUT2D eigenvalue weighted by molar-refractivity contribution is 7.14. The van der Waals surface area contributed by atoms with Crippen molar-refractivity contribution in [3.8, 4) is 11.3 Å². The molecule has 9 nitrogen and oxygen atoms in total. The lowest BCUT2D eigenvalue weighted by Gasteiger charge is -2.48. The van der Waals surface area contributed by atoms with E-state index in [0.717, 1.165) is 16.7 Å². The number of carbonyl (C=O) groups is 3. The summed E-state index contributed by atoms with van der Waals surface area (Å²) in [5.41, 5.74) is 12.8. The molecule has 40 heavy (non-hydrogen) atoms. The number of nitrogens with zero attached hydrogens (tertiary/aromatic N) is 4. The Balaban J connectivity index is 1.17. The molecule has 2 bridgehead atoms. The molecule has 3 aromatic carbocycles. The maximum atomic E-state index is 13.6. The molecule has 2 amide bonds. The van der Waals surface area contributed by atoms with E-state index in [1.54, 1.807) is 42.5 Å². The number of hydrogen-bond donors (Lipinski definition) is 2. The number of amides is 2. The highest BCUT2D eigenvalue weighted by atomic mass is 32.1. The van der Waals surface area contributed by atoms with E-state index in [0.29, 0.717) is 40.6 Å². The first-order valence-corrected chi connectivity index (χ1v) is 13.7. The van der Waals surface area contributed by atoms with Gasteiger partial charge in [0, 0.05) is 51.1 Å². The molecule has 2 N–H and O–H groups in total. The van der Waals surface area contributed by atoms with Crippen molar-refractivity contribution in [1.29, 1.82) is 0 Å². The molecule has 3 unspecified atom stereocenters. The molecule has 0 aliphatic heterocycles. The first-order valence-electron chi connectivity index (χ1n) is 12.8. The van der Waals surface area contributed by atoms with Gasteiger partial charge in [0.05, 0.1) is 11.1 Å². The van der Waals surface area contributed by atoms with Gasteiger partial charge in [0.1, 0.15) is 5.78 Å². The molecule has 0 spiro atoms. The molecule has 3 atom stereocenters. The molecule has 1 saturated carbocycles. The molecule has 198 valence electrons. The summed E-state index contributed by atoms with van der Waals surface area (Å²) in [6, 6.07) is 21.6. The molecular formula is C30H24N6O3S. The molecule has 10 heteroatoms. The van der Waals surface area contributed by atoms with E-state index in [2.05, 4.69) is 25.6 Å². The fourth-order valence-electron chi connectivity index (χ4n) is 5.77. The standard InChI is InChI=1S/C30H24N6O3S/c1-30(15-23-21-7-2-3-8-22(21)24(30)14-26(23)37)28(39)34-29-33-25(16-40-29)17-5-4-6-18(13-17)27(38)32-19-9-11-20(12-10-19)35-36-31/h2-13,16,23-24H,14-15H2,1H3,(H,32,38)(H,33,34,39). The summed E-state index contributed by atoms with van der Waals surface area (Å²) < 4.78 is 0. The number of anilines is 2. The number of nitrogens with one attached hydrogen (secondary N) is 2. The predicted molar refractivity (Wildman–Crippen MR) is 154 cm³/mol. The number of thiazole rings is 1. The van der Waals surface area contributed by atoms with Crippen LogP contribution in [-0.2, 0) is 9.59 Å². The second kappa shape index (κ2) is 10.1. The van der Waals surface area contributed by atoms with Crippen LogP contribution in [0.2, 0.25) is 0 Å². The molecular weight excluding hydrogens is 524 g/mol. The van der Waals surface area contributed by atoms with Crippen LogP contribution in [0.15, 0.2) is 83.3 Å². The minimum absolute atomic E-state index is 0.134. The Kier molecular flexibility index (Phi) is 6.42. The van der Waals surface area contributed by atoms with Crippen LogP contribution in [0.25, 0.3) is 21.7 Å². The van der Waals surface area contributed by atoms with Gasteiger partial charge in [-0.2, -0.15) is 0 Å². The van der Waals surface area contributed by atoms with Crippen LogP contribution in [0.5, 0.6) is 0 Å². The Hall–Kier alpha value is -4.79. The quantitative estimate of drug-likeness (QED) is 0.150. The zero-order chi connectivity index (χ0) is 27.9. The van der Waals surface area contributed by atoms with Gasteiger partial charge in [-0.15, -0.1) is 11.3 Å². The van der Waals surface area contributed by atoms with Gasteiger partial charge in [0.25, 0.3) is 5.91 Å². The van der Waals surface area contributed by atoms with Crippen LogP contribution in [0.3, 0.4) is 0 Å². The average molecular weight is 549 g/mol. The molecule has 1 heterocycles. The van der Waals surface area contributed by atoms with Gasteiger partial charge >= 0.3 is 0 Å². The monoisotopic (exact) mass is 548 g/mol. The van der Waals surface area contributed by atoms with Crippen molar-refractivity contribution < 1.29 is 14.4 Å². The largest absolute Gasteiger partial charge is 0.322 e. The van der Waals surface area contributed by atoms with E-state index in [-0.39, 0.29) is 29.4 Å². The van der Waals surface area contributed by atoms with Gasteiger partial charge in [0.2, 0.25) is 5.91 Å². The summed E-state index contributed by atoms with van der Waals surface area (Å²) in [5.74, 6) is -0.630. The van der Waals surface area contributed by atoms with Crippen LogP contribution in [-0.4, -0.2) is 22.6 Å². The molecule has 7 rings (SSSR count). The van der Waals surface area contributed by atoms with Crippen LogP contribution < -0.4 is 10.6 Å². The third-order valence-corrected chi connectivity index (χ3v) is 8.65. The summed E-state index contributed by atoms with van der Waals surface area (Å²) in [4.78, 5) is 46.5. The zero-order valence-corrected chi connectivity index (χ0v) is 22.3. The van der Waals surface area contributed by atoms with Gasteiger partial charge in [-0.05, 0) is 47.3 Å². The third kappa shape index (κ3) is 4.53. The second-order valence-corrected chi connectivity index (χ2v) is 11.1. The summed E-state index contributed by atoms with van der Waals surface area (Å²) in [7, 11) is 0. The lowest BCUT2D eigenvalue weighted by atomic mass is 9.54. The zero-order valence-electron chi connectivity index (χ0n) is 21.5. The second-order valence-electron chi connectivity index (χ2n) is 10.3. The Morgan fingerprint density at radius 3 is 2.60 bits per heavy atom. The number of carbonyl (C=O) groups excluding carboxylic acids is 3. The number of fused-ring (bicyclic) bond motifs is 2. The average Bonchev–Trinajstić information content (AvgIpc) is 3.44. The van der Waals surface area contributed by atoms with Crippen molar-refractivity contribution >= 4 is 45.4 Å². The van der Waals surface area contributed by atoms with E-state index in [1.165, 1.54) is 11.3 Å². The number of azide groups is 1. The van der Waals surface area contributed by atoms with Gasteiger partial charge in [0.15, 0.2) is 5.13 Å². The number of rotatable bonds is 6. The lowest BCUT2D eigenvalue weighted by Crippen LogP contribution is -2.49. The van der Waals surface area contributed by atoms with Crippen molar-refractivity contribution in [3.05, 3.63) is 105 Å². The van der Waals surface area contributed by atoms with E-state index in [1.807, 2.05) is 42.6 Å². The number of hydrogen-bond acceptors (Lipinski definition) is 6. The highest BCUT2D eigenvalue weighted by Gasteiger charge is 2.54. The van der Waals surface area contributed by atoms with Crippen molar-refractivity contribution in [1.82, 2.24) is 4.98 Å². The van der Waals surface area contributed by atoms with Gasteiger partial charge in [-0.25, -0.2) is 4.98 Å². The number of benzene rings is 3. The van der Waals surface area contributed by atoms with E-state index in [4.69, 9.17) is 5.53 Å². The fourth-order valence-corrected chi connectivity index (χ4v) is 6.49. The van der Waals surface area contributed by atoms with Gasteiger partial charge in [-0.1, -0.05) is 60.6 Å². The first kappa shape index (κ1) is 25.5. The molecule has 1 aromatic heterocycles. The Bertz CT molecular complexity index is 1710. The van der Waals surface area contributed by atoms with Crippen molar-refractivity contribution in [2.24, 2.45) is 10.5 Å². The van der Waals surface area contributed by atoms with Gasteiger partial charge < -0.3 is 10.6 Å². The van der Waals surface area contributed by atoms with Crippen molar-refractivity contribution in [3.63, 3.8) is 0 Å². The number of ketones is 1. The maximum Gasteiger partial charge on any atom is 0.255 e. The topological polar surface area (TPSA) is 137 Å². The summed E-state index contributed by atoms with van der Waals surface area (Å²) >= 11 is 1.32. The third-order valence-electron chi connectivity index (χ3n) is 7.89. The predicted octanol–water partition coefficient (Wildman–Crippen LogP) is 7.19. The molecule has 3 aliphatic rings. The minimum Gasteiger partial charge on any atom is -0.322 e. The molecule has 1 fully saturated rings.